The van der Waals surface area contributed by atoms with E-state index in [2.05, 4.69) is 5.32 Å². The van der Waals surface area contributed by atoms with E-state index in [0.717, 1.165) is 11.3 Å². The van der Waals surface area contributed by atoms with Gasteiger partial charge in [0.1, 0.15) is 6.61 Å². The van der Waals surface area contributed by atoms with Crippen LogP contribution in [0.25, 0.3) is 0 Å². The molecule has 0 bridgehead atoms. The molecule has 0 unspecified atom stereocenters. The standard InChI is InChI=1S/C16H18N2O2/c17-10-11-18-15-8-6-14(7-9-15)16(19)20-12-13-4-2-1-3-5-13/h1-9,18H,10-12,17H2. The largest absolute Gasteiger partial charge is 0.457 e. The maximum atomic E-state index is 11.9. The number of rotatable bonds is 6. The van der Waals surface area contributed by atoms with E-state index in [1.807, 2.05) is 42.5 Å². The van der Waals surface area contributed by atoms with Gasteiger partial charge in [-0.25, -0.2) is 4.79 Å². The lowest BCUT2D eigenvalue weighted by atomic mass is 10.2. The lowest BCUT2D eigenvalue weighted by Gasteiger charge is -2.07. The fraction of sp³-hybridized carbons (Fsp3) is 0.188. The molecule has 0 atom stereocenters. The van der Waals surface area contributed by atoms with Crippen LogP contribution in [0.1, 0.15) is 15.9 Å². The van der Waals surface area contributed by atoms with Gasteiger partial charge in [-0.15, -0.1) is 0 Å². The summed E-state index contributed by atoms with van der Waals surface area (Å²) in [6.07, 6.45) is 0. The van der Waals surface area contributed by atoms with E-state index in [1.54, 1.807) is 12.1 Å². The molecule has 0 aliphatic carbocycles. The topological polar surface area (TPSA) is 64.3 Å². The first-order valence-corrected chi connectivity index (χ1v) is 6.54. The highest BCUT2D eigenvalue weighted by molar-refractivity contribution is 5.89. The van der Waals surface area contributed by atoms with Gasteiger partial charge in [0.25, 0.3) is 0 Å². The van der Waals surface area contributed by atoms with Gasteiger partial charge in [-0.3, -0.25) is 0 Å². The van der Waals surface area contributed by atoms with E-state index in [9.17, 15) is 4.79 Å². The van der Waals surface area contributed by atoms with Gasteiger partial charge >= 0.3 is 5.97 Å². The van der Waals surface area contributed by atoms with E-state index in [1.165, 1.54) is 0 Å². The third-order valence-electron chi connectivity index (χ3n) is 2.81. The van der Waals surface area contributed by atoms with Crippen molar-refractivity contribution in [3.05, 3.63) is 65.7 Å². The van der Waals surface area contributed by atoms with Crippen LogP contribution >= 0.6 is 0 Å². The Kier molecular flexibility index (Phi) is 5.15. The zero-order valence-corrected chi connectivity index (χ0v) is 11.2. The second-order valence-corrected chi connectivity index (χ2v) is 4.35. The SMILES string of the molecule is NCCNc1ccc(C(=O)OCc2ccccc2)cc1. The van der Waals surface area contributed by atoms with Crippen LogP contribution in [0.15, 0.2) is 54.6 Å². The number of hydrogen-bond donors (Lipinski definition) is 2. The predicted octanol–water partition coefficient (Wildman–Crippen LogP) is 2.41. The molecule has 0 heterocycles. The zero-order valence-electron chi connectivity index (χ0n) is 11.2. The van der Waals surface area contributed by atoms with E-state index in [-0.39, 0.29) is 12.6 Å². The summed E-state index contributed by atoms with van der Waals surface area (Å²) in [5.41, 5.74) is 7.87. The summed E-state index contributed by atoms with van der Waals surface area (Å²) in [6.45, 7) is 1.56. The van der Waals surface area contributed by atoms with Crippen LogP contribution in [0.3, 0.4) is 0 Å². The molecule has 2 aromatic carbocycles. The van der Waals surface area contributed by atoms with Crippen LogP contribution in [-0.2, 0) is 11.3 Å². The average Bonchev–Trinajstić information content (AvgIpc) is 2.52. The van der Waals surface area contributed by atoms with Crippen molar-refractivity contribution in [2.45, 2.75) is 6.61 Å². The Bertz CT molecular complexity index is 538. The molecule has 2 aromatic rings. The number of carbonyl (C=O) groups excluding carboxylic acids is 1. The van der Waals surface area contributed by atoms with Gasteiger partial charge in [-0.1, -0.05) is 30.3 Å². The Morgan fingerprint density at radius 1 is 1.05 bits per heavy atom. The average molecular weight is 270 g/mol. The number of esters is 1. The summed E-state index contributed by atoms with van der Waals surface area (Å²) in [6, 6.07) is 16.8. The van der Waals surface area contributed by atoms with Crippen LogP contribution in [0, 0.1) is 0 Å². The molecule has 0 aliphatic heterocycles. The van der Waals surface area contributed by atoms with Gasteiger partial charge in [0.05, 0.1) is 5.56 Å². The highest BCUT2D eigenvalue weighted by Gasteiger charge is 2.06. The second kappa shape index (κ2) is 7.31. The number of nitrogens with one attached hydrogen (secondary N) is 1. The molecule has 2 rings (SSSR count). The molecule has 0 saturated carbocycles. The minimum atomic E-state index is -0.320. The highest BCUT2D eigenvalue weighted by atomic mass is 16.5. The molecule has 0 fully saturated rings. The van der Waals surface area contributed by atoms with Gasteiger partial charge in [0.2, 0.25) is 0 Å². The molecule has 4 nitrogen and oxygen atoms in total. The van der Waals surface area contributed by atoms with Gasteiger partial charge in [0.15, 0.2) is 0 Å². The molecular formula is C16H18N2O2. The molecule has 3 N–H and O–H groups in total. The number of nitrogens with two attached hydrogens (primary N) is 1. The lowest BCUT2D eigenvalue weighted by molar-refractivity contribution is 0.0473. The fourth-order valence-corrected chi connectivity index (χ4v) is 1.75. The molecule has 0 spiro atoms. The van der Waals surface area contributed by atoms with Gasteiger partial charge in [0, 0.05) is 18.8 Å². The van der Waals surface area contributed by atoms with Crippen molar-refractivity contribution in [2.75, 3.05) is 18.4 Å². The van der Waals surface area contributed by atoms with Crippen LogP contribution < -0.4 is 11.1 Å². The summed E-state index contributed by atoms with van der Waals surface area (Å²) in [5, 5.41) is 3.14. The Hall–Kier alpha value is -2.33. The maximum absolute atomic E-state index is 11.9. The van der Waals surface area contributed by atoms with Crippen molar-refractivity contribution < 1.29 is 9.53 Å². The lowest BCUT2D eigenvalue weighted by Crippen LogP contribution is -2.13. The van der Waals surface area contributed by atoms with E-state index in [0.29, 0.717) is 18.7 Å². The van der Waals surface area contributed by atoms with Crippen LogP contribution in [0.5, 0.6) is 0 Å². The number of anilines is 1. The zero-order chi connectivity index (χ0) is 14.2. The van der Waals surface area contributed by atoms with E-state index < -0.39 is 0 Å². The van der Waals surface area contributed by atoms with Crippen LogP contribution in [0.4, 0.5) is 5.69 Å². The van der Waals surface area contributed by atoms with Crippen molar-refractivity contribution in [1.82, 2.24) is 0 Å². The summed E-state index contributed by atoms with van der Waals surface area (Å²) in [4.78, 5) is 11.9. The number of ether oxygens (including phenoxy) is 1. The van der Waals surface area contributed by atoms with Gasteiger partial charge in [-0.2, -0.15) is 0 Å². The first-order valence-electron chi connectivity index (χ1n) is 6.54. The van der Waals surface area contributed by atoms with E-state index >= 15 is 0 Å². The summed E-state index contributed by atoms with van der Waals surface area (Å²) < 4.78 is 5.26. The molecule has 0 saturated heterocycles. The van der Waals surface area contributed by atoms with Crippen LogP contribution in [0.2, 0.25) is 0 Å². The molecule has 0 aliphatic rings. The molecular weight excluding hydrogens is 252 g/mol. The Balaban J connectivity index is 1.89. The van der Waals surface area contributed by atoms with Crippen molar-refractivity contribution >= 4 is 11.7 Å². The molecule has 4 heteroatoms. The molecule has 0 aromatic heterocycles. The molecule has 0 amide bonds. The Morgan fingerprint density at radius 3 is 2.40 bits per heavy atom. The predicted molar refractivity (Wildman–Crippen MR) is 79.5 cm³/mol. The summed E-state index contributed by atoms with van der Waals surface area (Å²) in [5.74, 6) is -0.320. The first kappa shape index (κ1) is 14.1. The minimum absolute atomic E-state index is 0.285. The third kappa shape index (κ3) is 4.10. The maximum Gasteiger partial charge on any atom is 0.338 e. The molecule has 104 valence electrons. The van der Waals surface area contributed by atoms with Crippen molar-refractivity contribution in [3.8, 4) is 0 Å². The smallest absolute Gasteiger partial charge is 0.338 e. The Morgan fingerprint density at radius 2 is 1.75 bits per heavy atom. The third-order valence-corrected chi connectivity index (χ3v) is 2.81. The minimum Gasteiger partial charge on any atom is -0.457 e. The molecule has 0 radical (unpaired) electrons. The first-order chi connectivity index (χ1) is 9.79. The number of hydrogen-bond acceptors (Lipinski definition) is 4. The van der Waals surface area contributed by atoms with Gasteiger partial charge < -0.3 is 15.8 Å². The Labute approximate surface area is 118 Å². The second-order valence-electron chi connectivity index (χ2n) is 4.35. The number of carbonyl (C=O) groups is 1. The quantitative estimate of drug-likeness (QED) is 0.791. The van der Waals surface area contributed by atoms with Crippen LogP contribution in [-0.4, -0.2) is 19.1 Å². The highest BCUT2D eigenvalue weighted by Crippen LogP contribution is 2.11. The monoisotopic (exact) mass is 270 g/mol. The normalized spacial score (nSPS) is 10.1. The van der Waals surface area contributed by atoms with E-state index in [4.69, 9.17) is 10.5 Å². The summed E-state index contributed by atoms with van der Waals surface area (Å²) in [7, 11) is 0. The number of benzene rings is 2. The fourth-order valence-electron chi connectivity index (χ4n) is 1.75. The molecule has 20 heavy (non-hydrogen) atoms. The summed E-state index contributed by atoms with van der Waals surface area (Å²) >= 11 is 0. The van der Waals surface area contributed by atoms with Gasteiger partial charge in [-0.05, 0) is 29.8 Å². The van der Waals surface area contributed by atoms with Crippen molar-refractivity contribution in [3.63, 3.8) is 0 Å². The van der Waals surface area contributed by atoms with Crippen molar-refractivity contribution in [2.24, 2.45) is 5.73 Å². The van der Waals surface area contributed by atoms with Crippen molar-refractivity contribution in [1.29, 1.82) is 0 Å².